The fourth-order valence-corrected chi connectivity index (χ4v) is 2.06. The summed E-state index contributed by atoms with van der Waals surface area (Å²) in [5, 5.41) is 11.3. The number of aliphatic carboxylic acids is 1. The van der Waals surface area contributed by atoms with Crippen molar-refractivity contribution in [1.29, 1.82) is 0 Å². The predicted octanol–water partition coefficient (Wildman–Crippen LogP) is 0.362. The number of carbonyl (C=O) groups excluding carboxylic acids is 1. The van der Waals surface area contributed by atoms with E-state index in [9.17, 15) is 9.90 Å². The van der Waals surface area contributed by atoms with Crippen LogP contribution < -0.4 is 5.11 Å². The van der Waals surface area contributed by atoms with E-state index in [1.807, 2.05) is 26.0 Å². The van der Waals surface area contributed by atoms with Crippen molar-refractivity contribution in [3.8, 4) is 0 Å². The number of aryl methyl sites for hydroxylation is 2. The first-order valence-corrected chi connectivity index (χ1v) is 5.42. The lowest BCUT2D eigenvalue weighted by atomic mass is 10.1. The van der Waals surface area contributed by atoms with Crippen molar-refractivity contribution >= 4 is 5.97 Å². The fourth-order valence-electron chi connectivity index (χ4n) is 2.06. The molecule has 0 spiro atoms. The monoisotopic (exact) mass is 232 g/mol. The molecule has 0 aliphatic rings. The van der Waals surface area contributed by atoms with Crippen LogP contribution in [-0.2, 0) is 11.2 Å². The largest absolute Gasteiger partial charge is 0.548 e. The van der Waals surface area contributed by atoms with E-state index in [0.29, 0.717) is 6.42 Å². The highest BCUT2D eigenvalue weighted by atomic mass is 16.4. The lowest BCUT2D eigenvalue weighted by Crippen LogP contribution is -2.35. The second-order valence-electron chi connectivity index (χ2n) is 4.10. The van der Waals surface area contributed by atoms with E-state index in [2.05, 4.69) is 9.97 Å². The van der Waals surface area contributed by atoms with Gasteiger partial charge in [-0.1, -0.05) is 0 Å². The minimum Gasteiger partial charge on any atom is -0.548 e. The highest BCUT2D eigenvalue weighted by Crippen LogP contribution is 2.18. The number of H-pyrrole nitrogens is 1. The summed E-state index contributed by atoms with van der Waals surface area (Å²) in [6.07, 6.45) is 3.51. The number of carboxylic acid groups (broad SMARTS) is 1. The van der Waals surface area contributed by atoms with Gasteiger partial charge in [-0.3, -0.25) is 0 Å². The highest BCUT2D eigenvalue weighted by Gasteiger charge is 2.17. The van der Waals surface area contributed by atoms with Crippen LogP contribution in [0.3, 0.4) is 0 Å². The Balaban J connectivity index is 2.33. The minimum atomic E-state index is -1.08. The third kappa shape index (κ3) is 2.22. The van der Waals surface area contributed by atoms with Gasteiger partial charge in [-0.25, -0.2) is 4.98 Å². The maximum Gasteiger partial charge on any atom is 0.0921 e. The molecule has 0 saturated heterocycles. The zero-order valence-corrected chi connectivity index (χ0v) is 9.80. The van der Waals surface area contributed by atoms with Gasteiger partial charge in [0.05, 0.1) is 18.3 Å². The van der Waals surface area contributed by atoms with E-state index >= 15 is 0 Å². The molecule has 1 N–H and O–H groups in total. The first-order valence-electron chi connectivity index (χ1n) is 5.42. The lowest BCUT2D eigenvalue weighted by molar-refractivity contribution is -0.310. The maximum absolute atomic E-state index is 11.3. The van der Waals surface area contributed by atoms with Crippen LogP contribution in [0.1, 0.15) is 23.1 Å². The van der Waals surface area contributed by atoms with Gasteiger partial charge in [-0.2, -0.15) is 0 Å². The SMILES string of the molecule is Cc1ccc(C)n1[C@@H](Cc1cnc[nH]1)C(=O)[O-]. The molecular weight excluding hydrogens is 218 g/mol. The molecule has 5 nitrogen and oxygen atoms in total. The third-order valence-electron chi connectivity index (χ3n) is 2.88. The molecule has 0 radical (unpaired) electrons. The molecule has 90 valence electrons. The molecule has 1 atom stereocenters. The number of nitrogens with zero attached hydrogens (tertiary/aromatic N) is 2. The van der Waals surface area contributed by atoms with Crippen LogP contribution in [0.25, 0.3) is 0 Å². The van der Waals surface area contributed by atoms with Crippen molar-refractivity contribution in [2.24, 2.45) is 0 Å². The number of hydrogen-bond acceptors (Lipinski definition) is 3. The van der Waals surface area contributed by atoms with Gasteiger partial charge in [0.2, 0.25) is 0 Å². The fraction of sp³-hybridized carbons (Fsp3) is 0.333. The van der Waals surface area contributed by atoms with Crippen molar-refractivity contribution in [2.45, 2.75) is 26.3 Å². The predicted molar refractivity (Wildman–Crippen MR) is 60.2 cm³/mol. The maximum atomic E-state index is 11.3. The molecule has 17 heavy (non-hydrogen) atoms. The van der Waals surface area contributed by atoms with E-state index in [1.165, 1.54) is 6.33 Å². The van der Waals surface area contributed by atoms with Crippen molar-refractivity contribution < 1.29 is 9.90 Å². The summed E-state index contributed by atoms with van der Waals surface area (Å²) in [5.74, 6) is -1.08. The molecule has 0 aliphatic carbocycles. The van der Waals surface area contributed by atoms with Gasteiger partial charge in [0.25, 0.3) is 0 Å². The van der Waals surface area contributed by atoms with E-state index in [0.717, 1.165) is 17.1 Å². The summed E-state index contributed by atoms with van der Waals surface area (Å²) in [6.45, 7) is 3.77. The van der Waals surface area contributed by atoms with E-state index in [1.54, 1.807) is 10.8 Å². The molecule has 0 aliphatic heterocycles. The number of nitrogens with one attached hydrogen (secondary N) is 1. The third-order valence-corrected chi connectivity index (χ3v) is 2.88. The van der Waals surface area contributed by atoms with Crippen molar-refractivity contribution in [1.82, 2.24) is 14.5 Å². The first kappa shape index (κ1) is 11.4. The number of carboxylic acids is 1. The van der Waals surface area contributed by atoms with Crippen LogP contribution in [0.5, 0.6) is 0 Å². The minimum absolute atomic E-state index is 0.346. The number of aromatic nitrogens is 3. The second-order valence-corrected chi connectivity index (χ2v) is 4.10. The van der Waals surface area contributed by atoms with Gasteiger partial charge in [0, 0.05) is 29.7 Å². The smallest absolute Gasteiger partial charge is 0.0921 e. The van der Waals surface area contributed by atoms with Gasteiger partial charge < -0.3 is 19.5 Å². The van der Waals surface area contributed by atoms with Gasteiger partial charge in [-0.05, 0) is 26.0 Å². The molecule has 0 saturated carbocycles. The molecule has 5 heteroatoms. The zero-order valence-electron chi connectivity index (χ0n) is 9.80. The van der Waals surface area contributed by atoms with Gasteiger partial charge >= 0.3 is 0 Å². The molecule has 0 aromatic carbocycles. The van der Waals surface area contributed by atoms with E-state index in [-0.39, 0.29) is 0 Å². The quantitative estimate of drug-likeness (QED) is 0.827. The molecule has 0 bridgehead atoms. The molecule has 0 fully saturated rings. The van der Waals surface area contributed by atoms with Crippen LogP contribution in [0.15, 0.2) is 24.7 Å². The first-order chi connectivity index (χ1) is 8.09. The Morgan fingerprint density at radius 2 is 2.12 bits per heavy atom. The number of rotatable bonds is 4. The average molecular weight is 232 g/mol. The number of hydrogen-bond donors (Lipinski definition) is 1. The van der Waals surface area contributed by atoms with Gasteiger partial charge in [-0.15, -0.1) is 0 Å². The standard InChI is InChI=1S/C12H15N3O2/c1-8-3-4-9(2)15(8)11(12(16)17)5-10-6-13-7-14-10/h3-4,6-7,11H,5H2,1-2H3,(H,13,14)(H,16,17)/p-1/t11-/m0/s1. The molecule has 0 amide bonds. The summed E-state index contributed by atoms with van der Waals surface area (Å²) in [4.78, 5) is 18.1. The Morgan fingerprint density at radius 3 is 2.59 bits per heavy atom. The van der Waals surface area contributed by atoms with Crippen molar-refractivity contribution in [2.75, 3.05) is 0 Å². The normalized spacial score (nSPS) is 12.6. The summed E-state index contributed by atoms with van der Waals surface area (Å²) in [5.41, 5.74) is 2.61. The Labute approximate surface area is 99.1 Å². The molecule has 2 aromatic heterocycles. The molecular formula is C12H14N3O2-. The van der Waals surface area contributed by atoms with Crippen LogP contribution in [0.4, 0.5) is 0 Å². The summed E-state index contributed by atoms with van der Waals surface area (Å²) in [7, 11) is 0. The van der Waals surface area contributed by atoms with Crippen LogP contribution >= 0.6 is 0 Å². The number of aromatic amines is 1. The summed E-state index contributed by atoms with van der Waals surface area (Å²) < 4.78 is 1.77. The Hall–Kier alpha value is -2.04. The van der Waals surface area contributed by atoms with Crippen LogP contribution in [0, 0.1) is 13.8 Å². The number of imidazole rings is 1. The Kier molecular flexibility index (Phi) is 2.99. The Bertz CT molecular complexity index is 494. The van der Waals surface area contributed by atoms with E-state index in [4.69, 9.17) is 0 Å². The van der Waals surface area contributed by atoms with Crippen molar-refractivity contribution in [3.63, 3.8) is 0 Å². The second kappa shape index (κ2) is 4.45. The topological polar surface area (TPSA) is 73.7 Å². The van der Waals surface area contributed by atoms with Crippen LogP contribution in [-0.4, -0.2) is 20.5 Å². The summed E-state index contributed by atoms with van der Waals surface area (Å²) in [6, 6.07) is 3.10. The average Bonchev–Trinajstić information content (AvgIpc) is 2.87. The van der Waals surface area contributed by atoms with Gasteiger partial charge in [0.15, 0.2) is 0 Å². The van der Waals surface area contributed by atoms with Gasteiger partial charge in [0.1, 0.15) is 0 Å². The molecule has 2 rings (SSSR count). The van der Waals surface area contributed by atoms with E-state index < -0.39 is 12.0 Å². The molecule has 2 heterocycles. The lowest BCUT2D eigenvalue weighted by Gasteiger charge is -2.23. The van der Waals surface area contributed by atoms with Crippen molar-refractivity contribution in [3.05, 3.63) is 41.7 Å². The molecule has 0 unspecified atom stereocenters. The summed E-state index contributed by atoms with van der Waals surface area (Å²) >= 11 is 0. The zero-order chi connectivity index (χ0) is 12.4. The number of carbonyl (C=O) groups is 1. The highest BCUT2D eigenvalue weighted by molar-refractivity contribution is 5.70. The Morgan fingerprint density at radius 1 is 1.47 bits per heavy atom. The molecule has 2 aromatic rings. The van der Waals surface area contributed by atoms with Crippen LogP contribution in [0.2, 0.25) is 0 Å².